The summed E-state index contributed by atoms with van der Waals surface area (Å²) in [6.07, 6.45) is 0.730. The van der Waals surface area contributed by atoms with Gasteiger partial charge in [0.15, 0.2) is 0 Å². The lowest BCUT2D eigenvalue weighted by atomic mass is 10.1. The van der Waals surface area contributed by atoms with E-state index in [4.69, 9.17) is 10.8 Å². The van der Waals surface area contributed by atoms with E-state index in [1.165, 1.54) is 4.31 Å². The summed E-state index contributed by atoms with van der Waals surface area (Å²) < 4.78 is 26.1. The summed E-state index contributed by atoms with van der Waals surface area (Å²) in [6, 6.07) is 7.34. The number of hydrogen-bond donors (Lipinski definition) is 2. The summed E-state index contributed by atoms with van der Waals surface area (Å²) in [5.41, 5.74) is 7.25. The quantitative estimate of drug-likeness (QED) is 0.814. The lowest BCUT2D eigenvalue weighted by Crippen LogP contribution is -2.30. The van der Waals surface area contributed by atoms with Crippen LogP contribution in [-0.4, -0.2) is 37.5 Å². The van der Waals surface area contributed by atoms with Gasteiger partial charge in [-0.3, -0.25) is 0 Å². The molecule has 0 amide bonds. The molecule has 0 saturated carbocycles. The highest BCUT2D eigenvalue weighted by Crippen LogP contribution is 2.22. The first-order chi connectivity index (χ1) is 9.06. The highest BCUT2D eigenvalue weighted by molar-refractivity contribution is 7.88. The van der Waals surface area contributed by atoms with E-state index in [-0.39, 0.29) is 18.3 Å². The topological polar surface area (TPSA) is 83.6 Å². The second kappa shape index (κ2) is 6.00. The monoisotopic (exact) mass is 284 g/mol. The zero-order valence-electron chi connectivity index (χ0n) is 10.8. The molecule has 1 saturated heterocycles. The molecule has 0 radical (unpaired) electrons. The third kappa shape index (κ3) is 3.33. The van der Waals surface area contributed by atoms with Crippen LogP contribution in [0.25, 0.3) is 0 Å². The van der Waals surface area contributed by atoms with Crippen molar-refractivity contribution >= 4 is 10.0 Å². The van der Waals surface area contributed by atoms with Gasteiger partial charge in [0.05, 0.1) is 5.75 Å². The first kappa shape index (κ1) is 14.5. The smallest absolute Gasteiger partial charge is 0.218 e. The zero-order chi connectivity index (χ0) is 13.9. The average molecular weight is 284 g/mol. The van der Waals surface area contributed by atoms with Crippen molar-refractivity contribution in [1.29, 1.82) is 0 Å². The summed E-state index contributed by atoms with van der Waals surface area (Å²) in [7, 11) is -3.32. The van der Waals surface area contributed by atoms with Crippen LogP contribution in [0.1, 0.15) is 17.5 Å². The number of aliphatic hydroxyl groups excluding tert-OH is 1. The Morgan fingerprint density at radius 1 is 1.32 bits per heavy atom. The fourth-order valence-corrected chi connectivity index (χ4v) is 4.06. The molecular weight excluding hydrogens is 264 g/mol. The van der Waals surface area contributed by atoms with Gasteiger partial charge in [0.1, 0.15) is 0 Å². The molecule has 1 fully saturated rings. The van der Waals surface area contributed by atoms with Gasteiger partial charge in [-0.05, 0) is 23.5 Å². The zero-order valence-corrected chi connectivity index (χ0v) is 11.6. The molecule has 2 rings (SSSR count). The Labute approximate surface area is 114 Å². The fraction of sp³-hybridized carbons (Fsp3) is 0.538. The van der Waals surface area contributed by atoms with Crippen molar-refractivity contribution in [1.82, 2.24) is 4.31 Å². The van der Waals surface area contributed by atoms with Crippen LogP contribution < -0.4 is 5.73 Å². The molecule has 6 heteroatoms. The first-order valence-corrected chi connectivity index (χ1v) is 8.03. The van der Waals surface area contributed by atoms with Crippen LogP contribution in [-0.2, 0) is 22.3 Å². The molecule has 106 valence electrons. The first-order valence-electron chi connectivity index (χ1n) is 6.42. The van der Waals surface area contributed by atoms with Gasteiger partial charge in [-0.15, -0.1) is 0 Å². The van der Waals surface area contributed by atoms with Crippen molar-refractivity contribution in [3.05, 3.63) is 35.4 Å². The molecule has 1 atom stereocenters. The number of benzene rings is 1. The van der Waals surface area contributed by atoms with Crippen molar-refractivity contribution in [2.45, 2.75) is 18.7 Å². The summed E-state index contributed by atoms with van der Waals surface area (Å²) in [5, 5.41) is 9.08. The maximum absolute atomic E-state index is 12.3. The molecule has 1 aliphatic rings. The lowest BCUT2D eigenvalue weighted by molar-refractivity contribution is 0.233. The molecule has 1 aromatic carbocycles. The summed E-state index contributed by atoms with van der Waals surface area (Å²) >= 11 is 0. The molecule has 19 heavy (non-hydrogen) atoms. The Hall–Kier alpha value is -0.950. The van der Waals surface area contributed by atoms with Gasteiger partial charge in [0, 0.05) is 26.2 Å². The van der Waals surface area contributed by atoms with Crippen LogP contribution in [0.4, 0.5) is 0 Å². The third-order valence-corrected chi connectivity index (χ3v) is 5.37. The van der Waals surface area contributed by atoms with E-state index in [0.717, 1.165) is 17.5 Å². The number of sulfonamides is 1. The minimum atomic E-state index is -3.32. The normalized spacial score (nSPS) is 20.8. The van der Waals surface area contributed by atoms with E-state index in [1.54, 1.807) is 6.07 Å². The predicted molar refractivity (Wildman–Crippen MR) is 73.7 cm³/mol. The van der Waals surface area contributed by atoms with Gasteiger partial charge in [-0.2, -0.15) is 0 Å². The van der Waals surface area contributed by atoms with Gasteiger partial charge in [-0.25, -0.2) is 12.7 Å². The summed E-state index contributed by atoms with van der Waals surface area (Å²) in [5.74, 6) is 0.0537. The molecule has 0 bridgehead atoms. The van der Waals surface area contributed by atoms with Crippen LogP contribution in [0, 0.1) is 5.92 Å². The number of aliphatic hydroxyl groups is 1. The van der Waals surface area contributed by atoms with Crippen molar-refractivity contribution in [2.24, 2.45) is 11.7 Å². The van der Waals surface area contributed by atoms with Gasteiger partial charge in [0.2, 0.25) is 10.0 Å². The maximum atomic E-state index is 12.3. The summed E-state index contributed by atoms with van der Waals surface area (Å²) in [4.78, 5) is 0. The van der Waals surface area contributed by atoms with Crippen molar-refractivity contribution in [3.8, 4) is 0 Å². The van der Waals surface area contributed by atoms with Crippen LogP contribution in [0.3, 0.4) is 0 Å². The predicted octanol–water partition coefficient (Wildman–Crippen LogP) is 0.289. The average Bonchev–Trinajstić information content (AvgIpc) is 2.88. The molecule has 5 nitrogen and oxygen atoms in total. The number of hydrogen-bond acceptors (Lipinski definition) is 4. The highest BCUT2D eigenvalue weighted by Gasteiger charge is 2.31. The second-order valence-corrected chi connectivity index (χ2v) is 6.89. The van der Waals surface area contributed by atoms with E-state index in [2.05, 4.69) is 0 Å². The Morgan fingerprint density at radius 2 is 2.00 bits per heavy atom. The highest BCUT2D eigenvalue weighted by atomic mass is 32.2. The number of rotatable bonds is 5. The molecule has 0 spiro atoms. The molecule has 1 unspecified atom stereocenters. The minimum Gasteiger partial charge on any atom is -0.396 e. The van der Waals surface area contributed by atoms with E-state index < -0.39 is 10.0 Å². The van der Waals surface area contributed by atoms with Crippen LogP contribution in [0.5, 0.6) is 0 Å². The van der Waals surface area contributed by atoms with E-state index in [9.17, 15) is 8.42 Å². The van der Waals surface area contributed by atoms with Crippen molar-refractivity contribution in [2.75, 3.05) is 19.7 Å². The molecule has 1 aliphatic heterocycles. The molecule has 0 aromatic heterocycles. The molecule has 0 aliphatic carbocycles. The van der Waals surface area contributed by atoms with E-state index in [1.807, 2.05) is 18.2 Å². The maximum Gasteiger partial charge on any atom is 0.218 e. The molecular formula is C13H20N2O3S. The molecule has 1 aromatic rings. The minimum absolute atomic E-state index is 0.0154. The Balaban J connectivity index is 2.13. The summed E-state index contributed by atoms with van der Waals surface area (Å²) in [6.45, 7) is 1.30. The van der Waals surface area contributed by atoms with Crippen LogP contribution in [0.15, 0.2) is 24.3 Å². The van der Waals surface area contributed by atoms with Crippen LogP contribution >= 0.6 is 0 Å². The van der Waals surface area contributed by atoms with E-state index >= 15 is 0 Å². The van der Waals surface area contributed by atoms with Crippen molar-refractivity contribution < 1.29 is 13.5 Å². The number of nitrogens with zero attached hydrogens (tertiary/aromatic N) is 1. The van der Waals surface area contributed by atoms with E-state index in [0.29, 0.717) is 19.6 Å². The Morgan fingerprint density at radius 3 is 2.58 bits per heavy atom. The largest absolute Gasteiger partial charge is 0.396 e. The van der Waals surface area contributed by atoms with Crippen molar-refractivity contribution in [3.63, 3.8) is 0 Å². The second-order valence-electron chi connectivity index (χ2n) is 4.92. The van der Waals surface area contributed by atoms with Gasteiger partial charge in [-0.1, -0.05) is 24.3 Å². The van der Waals surface area contributed by atoms with Gasteiger partial charge >= 0.3 is 0 Å². The van der Waals surface area contributed by atoms with Gasteiger partial charge < -0.3 is 10.8 Å². The Kier molecular flexibility index (Phi) is 4.57. The molecule has 1 heterocycles. The molecule has 3 N–H and O–H groups in total. The van der Waals surface area contributed by atoms with Gasteiger partial charge in [0.25, 0.3) is 0 Å². The standard InChI is InChI=1S/C13H20N2O3S/c14-7-12-3-1-2-4-13(12)10-19(17,18)15-6-5-11(8-15)9-16/h1-4,11,16H,5-10,14H2. The SMILES string of the molecule is NCc1ccccc1CS(=O)(=O)N1CCC(CO)C1. The van der Waals surface area contributed by atoms with Crippen LogP contribution in [0.2, 0.25) is 0 Å². The fourth-order valence-electron chi connectivity index (χ4n) is 2.38. The Bertz CT molecular complexity index is 530. The third-order valence-electron chi connectivity index (χ3n) is 3.58. The lowest BCUT2D eigenvalue weighted by Gasteiger charge is -2.17. The number of nitrogens with two attached hydrogens (primary N) is 1.